The van der Waals surface area contributed by atoms with E-state index in [0.29, 0.717) is 13.1 Å². The molecule has 4 aliphatic carbocycles. The van der Waals surface area contributed by atoms with Gasteiger partial charge in [0.25, 0.3) is 0 Å². The van der Waals surface area contributed by atoms with Crippen molar-refractivity contribution in [3.8, 4) is 0 Å². The number of rotatable bonds is 8. The number of hydrogen-bond donors (Lipinski definition) is 4. The van der Waals surface area contributed by atoms with E-state index in [1.54, 1.807) is 0 Å². The first-order chi connectivity index (χ1) is 20.4. The molecule has 2 aliphatic heterocycles. The highest BCUT2D eigenvalue weighted by Crippen LogP contribution is 2.55. The molecular formula is C34H45N3O5. The molecule has 4 N–H and O–H groups in total. The maximum Gasteiger partial charge on any atom is 0.315 e. The van der Waals surface area contributed by atoms with Gasteiger partial charge in [-0.2, -0.15) is 0 Å². The van der Waals surface area contributed by atoms with E-state index in [4.69, 9.17) is 9.47 Å². The monoisotopic (exact) mass is 575 g/mol. The summed E-state index contributed by atoms with van der Waals surface area (Å²) in [7, 11) is 0. The molecule has 2 aromatic rings. The minimum atomic E-state index is -0.514. The average molecular weight is 576 g/mol. The summed E-state index contributed by atoms with van der Waals surface area (Å²) in [5.41, 5.74) is 3.93. The van der Waals surface area contributed by atoms with E-state index < -0.39 is 6.29 Å². The van der Waals surface area contributed by atoms with Gasteiger partial charge in [-0.1, -0.05) is 48.5 Å². The summed E-state index contributed by atoms with van der Waals surface area (Å²) in [6, 6.07) is 16.0. The molecule has 8 heteroatoms. The maximum absolute atomic E-state index is 12.9. The van der Waals surface area contributed by atoms with E-state index in [-0.39, 0.29) is 36.5 Å². The molecule has 8 nitrogen and oxygen atoms in total. The van der Waals surface area contributed by atoms with E-state index in [1.165, 1.54) is 19.3 Å². The number of aliphatic hydroxyl groups is 2. The lowest BCUT2D eigenvalue weighted by atomic mass is 9.53. The Kier molecular flexibility index (Phi) is 8.01. The number of β-amino-alcohol motifs (C(OH)–C–C–N with tert-alkyl or cyclic N) is 1. The largest absolute Gasteiger partial charge is 0.392 e. The number of nitrogens with zero attached hydrogens (tertiary/aromatic N) is 1. The normalized spacial score (nSPS) is 35.8. The average Bonchev–Trinajstić information content (AvgIpc) is 3.39. The quantitative estimate of drug-likeness (QED) is 0.368. The zero-order valence-corrected chi connectivity index (χ0v) is 24.4. The van der Waals surface area contributed by atoms with Crippen LogP contribution in [-0.2, 0) is 22.6 Å². The molecular weight excluding hydrogens is 530 g/mol. The SMILES string of the molecule is O=C(NCc1ccc(C2OC(CN3CCC(O)C3)CC(c3ccc(CO)cc3)O2)cc1)NC12CC3CC(CC(C3)C1)C2. The van der Waals surface area contributed by atoms with Crippen LogP contribution < -0.4 is 10.6 Å². The van der Waals surface area contributed by atoms with Crippen LogP contribution in [0.25, 0.3) is 0 Å². The van der Waals surface area contributed by atoms with E-state index in [0.717, 1.165) is 85.2 Å². The Morgan fingerprint density at radius 2 is 1.52 bits per heavy atom. The number of benzene rings is 2. The van der Waals surface area contributed by atoms with E-state index in [2.05, 4.69) is 15.5 Å². The lowest BCUT2D eigenvalue weighted by Gasteiger charge is -2.56. The highest BCUT2D eigenvalue weighted by molar-refractivity contribution is 5.75. The Balaban J connectivity index is 0.980. The first kappa shape index (κ1) is 28.3. The fraction of sp³-hybridized carbons (Fsp3) is 0.618. The van der Waals surface area contributed by atoms with Gasteiger partial charge in [0.05, 0.1) is 24.9 Å². The van der Waals surface area contributed by atoms with Crippen molar-refractivity contribution in [2.24, 2.45) is 17.8 Å². The van der Waals surface area contributed by atoms with Gasteiger partial charge in [0.15, 0.2) is 6.29 Å². The van der Waals surface area contributed by atoms with Crippen LogP contribution in [0.4, 0.5) is 4.79 Å². The van der Waals surface area contributed by atoms with E-state index >= 15 is 0 Å². The molecule has 4 saturated carbocycles. The maximum atomic E-state index is 12.9. The summed E-state index contributed by atoms with van der Waals surface area (Å²) >= 11 is 0. The van der Waals surface area contributed by atoms with Gasteiger partial charge in [-0.05, 0) is 79.4 Å². The third-order valence-electron chi connectivity index (χ3n) is 10.4. The molecule has 4 atom stereocenters. The first-order valence-corrected chi connectivity index (χ1v) is 16.0. The molecule has 4 unspecified atom stereocenters. The second-order valence-corrected chi connectivity index (χ2v) is 13.8. The molecule has 42 heavy (non-hydrogen) atoms. The summed E-state index contributed by atoms with van der Waals surface area (Å²) in [6.45, 7) is 2.80. The lowest BCUT2D eigenvalue weighted by Crippen LogP contribution is -2.61. The van der Waals surface area contributed by atoms with Crippen LogP contribution in [0.15, 0.2) is 48.5 Å². The van der Waals surface area contributed by atoms with E-state index in [1.807, 2.05) is 48.5 Å². The van der Waals surface area contributed by atoms with E-state index in [9.17, 15) is 15.0 Å². The van der Waals surface area contributed by atoms with Crippen LogP contribution in [0.3, 0.4) is 0 Å². The first-order valence-electron chi connectivity index (χ1n) is 16.0. The number of aliphatic hydroxyl groups excluding tert-OH is 2. The highest BCUT2D eigenvalue weighted by atomic mass is 16.7. The molecule has 2 amide bonds. The van der Waals surface area contributed by atoms with Crippen LogP contribution >= 0.6 is 0 Å². The molecule has 226 valence electrons. The van der Waals surface area contributed by atoms with Gasteiger partial charge in [0, 0.05) is 43.7 Å². The number of hydrogen-bond acceptors (Lipinski definition) is 6. The fourth-order valence-electron chi connectivity index (χ4n) is 8.82. The number of urea groups is 1. The smallest absolute Gasteiger partial charge is 0.315 e. The third kappa shape index (κ3) is 6.24. The summed E-state index contributed by atoms with van der Waals surface area (Å²) < 4.78 is 13.0. The highest BCUT2D eigenvalue weighted by Gasteiger charge is 2.51. The predicted molar refractivity (Wildman–Crippen MR) is 158 cm³/mol. The molecule has 6 aliphatic rings. The molecule has 2 aromatic carbocycles. The van der Waals surface area contributed by atoms with Gasteiger partial charge < -0.3 is 30.3 Å². The lowest BCUT2D eigenvalue weighted by molar-refractivity contribution is -0.252. The minimum absolute atomic E-state index is 0.0109. The van der Waals surface area contributed by atoms with Crippen LogP contribution in [0.2, 0.25) is 0 Å². The summed E-state index contributed by atoms with van der Waals surface area (Å²) in [6.07, 6.45) is 8.11. The zero-order valence-electron chi connectivity index (χ0n) is 24.4. The zero-order chi connectivity index (χ0) is 28.7. The Morgan fingerprint density at radius 3 is 2.14 bits per heavy atom. The number of carbonyl (C=O) groups excluding carboxylic acids is 1. The molecule has 2 saturated heterocycles. The molecule has 0 spiro atoms. The molecule has 6 fully saturated rings. The summed E-state index contributed by atoms with van der Waals surface area (Å²) in [5.74, 6) is 2.40. The fourth-order valence-corrected chi connectivity index (χ4v) is 8.82. The van der Waals surface area contributed by atoms with Gasteiger partial charge in [0.1, 0.15) is 0 Å². The van der Waals surface area contributed by atoms with Gasteiger partial charge in [-0.3, -0.25) is 4.90 Å². The van der Waals surface area contributed by atoms with Gasteiger partial charge >= 0.3 is 6.03 Å². The van der Waals surface area contributed by atoms with Crippen LogP contribution in [0.1, 0.15) is 86.0 Å². The summed E-state index contributed by atoms with van der Waals surface area (Å²) in [5, 5.41) is 26.0. The number of ether oxygens (including phenoxy) is 2. The van der Waals surface area contributed by atoms with Gasteiger partial charge in [-0.25, -0.2) is 4.79 Å². The van der Waals surface area contributed by atoms with Crippen molar-refractivity contribution in [1.29, 1.82) is 0 Å². The Labute approximate surface area is 248 Å². The Bertz CT molecular complexity index is 1200. The standard InChI is InChI=1S/C34H45N3O5/c38-21-23-3-5-27(6-4-23)31-14-30(20-37-10-9-29(39)19-37)41-32(42-31)28-7-1-22(2-8-28)18-35-33(40)36-34-15-24-11-25(16-34)13-26(12-24)17-34/h1-8,24-26,29-32,38-39H,9-21H2,(H2,35,36,40). The molecule has 0 radical (unpaired) electrons. The van der Waals surface area contributed by atoms with Crippen molar-refractivity contribution in [2.75, 3.05) is 19.6 Å². The van der Waals surface area contributed by atoms with Crippen LogP contribution in [0.5, 0.6) is 0 Å². The second kappa shape index (κ2) is 11.9. The third-order valence-corrected chi connectivity index (χ3v) is 10.4. The van der Waals surface area contributed by atoms with Crippen molar-refractivity contribution in [2.45, 2.75) is 94.7 Å². The number of carbonyl (C=O) groups is 1. The Hall–Kier alpha value is -2.49. The van der Waals surface area contributed by atoms with Crippen molar-refractivity contribution < 1.29 is 24.5 Å². The topological polar surface area (TPSA) is 103 Å². The van der Waals surface area contributed by atoms with Gasteiger partial charge in [-0.15, -0.1) is 0 Å². The molecule has 2 heterocycles. The number of nitrogens with one attached hydrogen (secondary N) is 2. The van der Waals surface area contributed by atoms with Crippen LogP contribution in [0, 0.1) is 17.8 Å². The van der Waals surface area contributed by atoms with Crippen molar-refractivity contribution in [3.05, 3.63) is 70.8 Å². The van der Waals surface area contributed by atoms with Crippen LogP contribution in [-0.4, -0.2) is 58.5 Å². The number of likely N-dealkylation sites (tertiary alicyclic amines) is 1. The summed E-state index contributed by atoms with van der Waals surface area (Å²) in [4.78, 5) is 15.2. The number of amides is 2. The Morgan fingerprint density at radius 1 is 0.881 bits per heavy atom. The molecule has 8 rings (SSSR count). The second-order valence-electron chi connectivity index (χ2n) is 13.8. The predicted octanol–water partition coefficient (Wildman–Crippen LogP) is 4.56. The van der Waals surface area contributed by atoms with Crippen molar-refractivity contribution in [3.63, 3.8) is 0 Å². The minimum Gasteiger partial charge on any atom is -0.392 e. The molecule has 4 bridgehead atoms. The molecule has 0 aromatic heterocycles. The van der Waals surface area contributed by atoms with Crippen molar-refractivity contribution in [1.82, 2.24) is 15.5 Å². The van der Waals surface area contributed by atoms with Crippen molar-refractivity contribution >= 4 is 6.03 Å². The van der Waals surface area contributed by atoms with Gasteiger partial charge in [0.2, 0.25) is 0 Å².